The second kappa shape index (κ2) is 9.60. The molecule has 4 rings (SSSR count). The van der Waals surface area contributed by atoms with Crippen LogP contribution in [0.4, 0.5) is 5.69 Å². The molecule has 7 heteroatoms. The van der Waals surface area contributed by atoms with E-state index in [0.717, 1.165) is 50.1 Å². The molecule has 2 N–H and O–H groups in total. The Labute approximate surface area is 187 Å². The lowest BCUT2D eigenvalue weighted by molar-refractivity contribution is -0.120. The molecule has 2 amide bonds. The molecular formula is C24H28ClN3O3. The summed E-state index contributed by atoms with van der Waals surface area (Å²) in [6.07, 6.45) is 4.25. The number of likely N-dealkylation sites (tertiary alicyclic amines) is 1. The van der Waals surface area contributed by atoms with E-state index < -0.39 is 0 Å². The third-order valence-corrected chi connectivity index (χ3v) is 6.16. The lowest BCUT2D eigenvalue weighted by Crippen LogP contribution is -2.35. The first-order valence-corrected chi connectivity index (χ1v) is 11.2. The molecule has 0 aromatic heterocycles. The molecule has 0 bridgehead atoms. The minimum absolute atomic E-state index is 0.0175. The van der Waals surface area contributed by atoms with Crippen molar-refractivity contribution in [1.82, 2.24) is 10.2 Å². The highest BCUT2D eigenvalue weighted by atomic mass is 35.5. The van der Waals surface area contributed by atoms with E-state index in [0.29, 0.717) is 22.2 Å². The molecule has 1 heterocycles. The number of carbonyl (C=O) groups is 2. The van der Waals surface area contributed by atoms with E-state index in [-0.39, 0.29) is 24.4 Å². The average molecular weight is 442 g/mol. The molecule has 2 aromatic rings. The Morgan fingerprint density at radius 3 is 2.48 bits per heavy atom. The monoisotopic (exact) mass is 441 g/mol. The van der Waals surface area contributed by atoms with Gasteiger partial charge in [-0.1, -0.05) is 23.7 Å². The molecule has 31 heavy (non-hydrogen) atoms. The van der Waals surface area contributed by atoms with E-state index in [1.54, 1.807) is 25.3 Å². The largest absolute Gasteiger partial charge is 0.497 e. The van der Waals surface area contributed by atoms with Crippen LogP contribution in [0.25, 0.3) is 0 Å². The summed E-state index contributed by atoms with van der Waals surface area (Å²) in [7, 11) is 1.64. The van der Waals surface area contributed by atoms with Crippen molar-refractivity contribution in [1.29, 1.82) is 0 Å². The Bertz CT molecular complexity index is 938. The standard InChI is InChI=1S/C24H28ClN3O3/c1-31-19-9-6-17(7-10-19)23(16-4-5-16)27-22(29)15-26-21-11-8-18(25)14-20(21)24(30)28-12-2-3-13-28/h6-11,14,16,23,26H,2-5,12-13,15H2,1H3,(H,27,29). The molecule has 1 aliphatic heterocycles. The second-order valence-electron chi connectivity index (χ2n) is 8.20. The summed E-state index contributed by atoms with van der Waals surface area (Å²) in [6.45, 7) is 1.60. The maximum atomic E-state index is 12.9. The van der Waals surface area contributed by atoms with Gasteiger partial charge in [0.1, 0.15) is 5.75 Å². The number of halogens is 1. The number of ether oxygens (including phenoxy) is 1. The van der Waals surface area contributed by atoms with E-state index in [4.69, 9.17) is 16.3 Å². The summed E-state index contributed by atoms with van der Waals surface area (Å²) in [5.41, 5.74) is 2.22. The van der Waals surface area contributed by atoms with E-state index in [1.807, 2.05) is 29.2 Å². The van der Waals surface area contributed by atoms with Crippen LogP contribution >= 0.6 is 11.6 Å². The lowest BCUT2D eigenvalue weighted by atomic mass is 10.0. The molecule has 2 aromatic carbocycles. The highest BCUT2D eigenvalue weighted by Crippen LogP contribution is 2.41. The smallest absolute Gasteiger partial charge is 0.256 e. The highest BCUT2D eigenvalue weighted by molar-refractivity contribution is 6.31. The van der Waals surface area contributed by atoms with Crippen LogP contribution in [-0.4, -0.2) is 43.5 Å². The predicted octanol–water partition coefficient (Wildman–Crippen LogP) is 4.26. The van der Waals surface area contributed by atoms with Gasteiger partial charge in [-0.15, -0.1) is 0 Å². The highest BCUT2D eigenvalue weighted by Gasteiger charge is 2.33. The van der Waals surface area contributed by atoms with Gasteiger partial charge < -0.3 is 20.3 Å². The van der Waals surface area contributed by atoms with Gasteiger partial charge in [0.15, 0.2) is 0 Å². The molecule has 2 aliphatic rings. The van der Waals surface area contributed by atoms with Crippen molar-refractivity contribution in [2.75, 3.05) is 32.1 Å². The Hall–Kier alpha value is -2.73. The fraction of sp³-hybridized carbons (Fsp3) is 0.417. The number of rotatable bonds is 8. The minimum Gasteiger partial charge on any atom is -0.497 e. The van der Waals surface area contributed by atoms with Crippen molar-refractivity contribution in [3.8, 4) is 5.75 Å². The Morgan fingerprint density at radius 2 is 1.84 bits per heavy atom. The molecule has 6 nitrogen and oxygen atoms in total. The number of benzene rings is 2. The van der Waals surface area contributed by atoms with Crippen LogP contribution < -0.4 is 15.4 Å². The van der Waals surface area contributed by atoms with E-state index in [2.05, 4.69) is 10.6 Å². The number of hydrogen-bond acceptors (Lipinski definition) is 4. The maximum absolute atomic E-state index is 12.9. The number of hydrogen-bond donors (Lipinski definition) is 2. The summed E-state index contributed by atoms with van der Waals surface area (Å²) in [4.78, 5) is 27.5. The van der Waals surface area contributed by atoms with E-state index >= 15 is 0 Å². The van der Waals surface area contributed by atoms with Crippen molar-refractivity contribution >= 4 is 29.1 Å². The first-order valence-electron chi connectivity index (χ1n) is 10.8. The average Bonchev–Trinajstić information content (AvgIpc) is 3.48. The molecule has 1 unspecified atom stereocenters. The van der Waals surface area contributed by atoms with Crippen molar-refractivity contribution in [2.45, 2.75) is 31.7 Å². The molecule has 1 aliphatic carbocycles. The summed E-state index contributed by atoms with van der Waals surface area (Å²) >= 11 is 6.14. The van der Waals surface area contributed by atoms with E-state index in [1.165, 1.54) is 0 Å². The van der Waals surface area contributed by atoms with Gasteiger partial charge in [-0.2, -0.15) is 0 Å². The van der Waals surface area contributed by atoms with Crippen molar-refractivity contribution in [3.05, 3.63) is 58.6 Å². The second-order valence-corrected chi connectivity index (χ2v) is 8.63. The maximum Gasteiger partial charge on any atom is 0.256 e. The summed E-state index contributed by atoms with van der Waals surface area (Å²) in [6, 6.07) is 13.0. The zero-order chi connectivity index (χ0) is 21.8. The van der Waals surface area contributed by atoms with Crippen molar-refractivity contribution in [2.24, 2.45) is 5.92 Å². The summed E-state index contributed by atoms with van der Waals surface area (Å²) < 4.78 is 5.23. The molecule has 1 saturated carbocycles. The van der Waals surface area contributed by atoms with Gasteiger partial charge in [0, 0.05) is 23.8 Å². The minimum atomic E-state index is -0.109. The Morgan fingerprint density at radius 1 is 1.13 bits per heavy atom. The van der Waals surface area contributed by atoms with Crippen LogP contribution in [-0.2, 0) is 4.79 Å². The number of anilines is 1. The predicted molar refractivity (Wildman–Crippen MR) is 122 cm³/mol. The third-order valence-electron chi connectivity index (χ3n) is 5.93. The van der Waals surface area contributed by atoms with Gasteiger partial charge in [-0.3, -0.25) is 9.59 Å². The third kappa shape index (κ3) is 5.31. The molecule has 164 valence electrons. The number of amides is 2. The van der Waals surface area contributed by atoms with Gasteiger partial charge in [-0.25, -0.2) is 0 Å². The zero-order valence-electron chi connectivity index (χ0n) is 17.7. The topological polar surface area (TPSA) is 70.7 Å². The lowest BCUT2D eigenvalue weighted by Gasteiger charge is -2.21. The molecule has 0 spiro atoms. The number of nitrogens with zero attached hydrogens (tertiary/aromatic N) is 1. The van der Waals surface area contributed by atoms with Crippen molar-refractivity contribution in [3.63, 3.8) is 0 Å². The molecule has 2 fully saturated rings. The normalized spacial score (nSPS) is 16.6. The number of nitrogens with one attached hydrogen (secondary N) is 2. The van der Waals surface area contributed by atoms with Crippen LogP contribution in [0.3, 0.4) is 0 Å². The van der Waals surface area contributed by atoms with Crippen LogP contribution in [0.15, 0.2) is 42.5 Å². The van der Waals surface area contributed by atoms with E-state index in [9.17, 15) is 9.59 Å². The summed E-state index contributed by atoms with van der Waals surface area (Å²) in [5.74, 6) is 1.10. The molecule has 0 radical (unpaired) electrons. The molecule has 1 atom stereocenters. The van der Waals surface area contributed by atoms with Gasteiger partial charge in [0.2, 0.25) is 5.91 Å². The number of methoxy groups -OCH3 is 1. The first-order chi connectivity index (χ1) is 15.0. The number of carbonyl (C=O) groups excluding carboxylic acids is 2. The molecule has 1 saturated heterocycles. The van der Waals surface area contributed by atoms with Crippen LogP contribution in [0, 0.1) is 5.92 Å². The fourth-order valence-corrected chi connectivity index (χ4v) is 4.22. The summed E-state index contributed by atoms with van der Waals surface area (Å²) in [5, 5.41) is 6.80. The van der Waals surface area contributed by atoms with Gasteiger partial charge in [0.25, 0.3) is 5.91 Å². The van der Waals surface area contributed by atoms with Crippen molar-refractivity contribution < 1.29 is 14.3 Å². The van der Waals surface area contributed by atoms with Gasteiger partial charge >= 0.3 is 0 Å². The Balaban J connectivity index is 1.41. The van der Waals surface area contributed by atoms with Crippen LogP contribution in [0.2, 0.25) is 5.02 Å². The van der Waals surface area contributed by atoms with Crippen LogP contribution in [0.1, 0.15) is 47.6 Å². The zero-order valence-corrected chi connectivity index (χ0v) is 18.5. The first kappa shape index (κ1) is 21.5. The Kier molecular flexibility index (Phi) is 6.66. The molecular weight excluding hydrogens is 414 g/mol. The quantitative estimate of drug-likeness (QED) is 0.642. The van der Waals surface area contributed by atoms with Gasteiger partial charge in [-0.05, 0) is 67.5 Å². The van der Waals surface area contributed by atoms with Crippen LogP contribution in [0.5, 0.6) is 5.75 Å². The SMILES string of the molecule is COc1ccc(C(NC(=O)CNc2ccc(Cl)cc2C(=O)N2CCCC2)C2CC2)cc1. The fourth-order valence-electron chi connectivity index (χ4n) is 4.05. The van der Waals surface area contributed by atoms with Gasteiger partial charge in [0.05, 0.1) is 25.3 Å².